The molecule has 2 rings (SSSR count). The fraction of sp³-hybridized carbons (Fsp3) is 0.0769. The van der Waals surface area contributed by atoms with Crippen LogP contribution in [0.5, 0.6) is 0 Å². The first-order valence-corrected chi connectivity index (χ1v) is 5.50. The molecule has 2 heteroatoms. The fourth-order valence-corrected chi connectivity index (χ4v) is 2.03. The van der Waals surface area contributed by atoms with Gasteiger partial charge in [0.1, 0.15) is 6.67 Å². The number of hydrogen-bond acceptors (Lipinski definition) is 0. The van der Waals surface area contributed by atoms with Crippen LogP contribution in [0.1, 0.15) is 5.56 Å². The Morgan fingerprint density at radius 2 is 1.80 bits per heavy atom. The molecular weight excluding hydrogens is 255 g/mol. The van der Waals surface area contributed by atoms with E-state index in [0.717, 1.165) is 15.6 Å². The summed E-state index contributed by atoms with van der Waals surface area (Å²) in [5, 5.41) is 0. The Morgan fingerprint density at radius 3 is 2.53 bits per heavy atom. The minimum Gasteiger partial charge on any atom is -0.246 e. The highest BCUT2D eigenvalue weighted by Crippen LogP contribution is 2.28. The molecule has 0 radical (unpaired) electrons. The molecule has 0 aliphatic carbocycles. The lowest BCUT2D eigenvalue weighted by Crippen LogP contribution is -1.82. The van der Waals surface area contributed by atoms with E-state index in [1.54, 1.807) is 6.07 Å². The van der Waals surface area contributed by atoms with E-state index < -0.39 is 6.67 Å². The maximum Gasteiger partial charge on any atom is 0.115 e. The molecule has 0 bridgehead atoms. The Kier molecular flexibility index (Phi) is 3.17. The first-order valence-electron chi connectivity index (χ1n) is 4.71. The summed E-state index contributed by atoms with van der Waals surface area (Å²) in [6, 6.07) is 15.5. The molecule has 0 saturated heterocycles. The van der Waals surface area contributed by atoms with E-state index in [1.165, 1.54) is 0 Å². The lowest BCUT2D eigenvalue weighted by Gasteiger charge is -2.05. The summed E-state index contributed by atoms with van der Waals surface area (Å²) in [5.41, 5.74) is 2.84. The van der Waals surface area contributed by atoms with Crippen molar-refractivity contribution >= 4 is 15.9 Å². The number of hydrogen-bond donors (Lipinski definition) is 0. The minimum atomic E-state index is -0.418. The second-order valence-corrected chi connectivity index (χ2v) is 4.17. The summed E-state index contributed by atoms with van der Waals surface area (Å²) >= 11 is 3.49. The molecule has 0 unspecified atom stereocenters. The molecule has 2 aromatic rings. The second kappa shape index (κ2) is 4.58. The lowest BCUT2D eigenvalue weighted by atomic mass is 10.0. The smallest absolute Gasteiger partial charge is 0.115 e. The van der Waals surface area contributed by atoms with E-state index in [4.69, 9.17) is 0 Å². The molecule has 0 fully saturated rings. The van der Waals surface area contributed by atoms with Gasteiger partial charge in [0.15, 0.2) is 0 Å². The van der Waals surface area contributed by atoms with E-state index in [1.807, 2.05) is 42.5 Å². The average molecular weight is 265 g/mol. The van der Waals surface area contributed by atoms with Crippen molar-refractivity contribution in [2.75, 3.05) is 0 Å². The van der Waals surface area contributed by atoms with Gasteiger partial charge in [0.25, 0.3) is 0 Å². The number of alkyl halides is 1. The van der Waals surface area contributed by atoms with Crippen molar-refractivity contribution in [3.8, 4) is 11.1 Å². The van der Waals surface area contributed by atoms with Crippen LogP contribution in [0.4, 0.5) is 4.39 Å². The molecule has 0 nitrogen and oxygen atoms in total. The standard InChI is InChI=1S/C13H10BrF/c14-13-7-2-1-6-12(13)11-5-3-4-10(8-11)9-15/h1-8H,9H2. The van der Waals surface area contributed by atoms with Crippen molar-refractivity contribution in [2.45, 2.75) is 6.67 Å². The van der Waals surface area contributed by atoms with E-state index in [-0.39, 0.29) is 0 Å². The van der Waals surface area contributed by atoms with Gasteiger partial charge in [-0.05, 0) is 28.8 Å². The normalized spacial score (nSPS) is 10.3. The monoisotopic (exact) mass is 264 g/mol. The molecule has 0 spiro atoms. The van der Waals surface area contributed by atoms with Gasteiger partial charge in [0, 0.05) is 4.47 Å². The Bertz CT molecular complexity index is 466. The van der Waals surface area contributed by atoms with Crippen LogP contribution >= 0.6 is 15.9 Å². The SMILES string of the molecule is FCc1cccc(-c2ccccc2Br)c1. The molecule has 0 amide bonds. The predicted molar refractivity (Wildman–Crippen MR) is 64.4 cm³/mol. The van der Waals surface area contributed by atoms with Crippen LogP contribution in [0, 0.1) is 0 Å². The van der Waals surface area contributed by atoms with Gasteiger partial charge >= 0.3 is 0 Å². The summed E-state index contributed by atoms with van der Waals surface area (Å²) in [4.78, 5) is 0. The number of halogens is 2. The Hall–Kier alpha value is -1.15. The molecule has 0 aliphatic rings. The molecule has 0 N–H and O–H groups in total. The Balaban J connectivity index is 2.49. The van der Waals surface area contributed by atoms with Gasteiger partial charge in [-0.15, -0.1) is 0 Å². The van der Waals surface area contributed by atoms with Gasteiger partial charge in [-0.1, -0.05) is 52.3 Å². The van der Waals surface area contributed by atoms with Crippen LogP contribution in [0.3, 0.4) is 0 Å². The van der Waals surface area contributed by atoms with E-state index >= 15 is 0 Å². The molecule has 0 heterocycles. The van der Waals surface area contributed by atoms with Crippen LogP contribution in [-0.2, 0) is 6.67 Å². The summed E-state index contributed by atoms with van der Waals surface area (Å²) in [7, 11) is 0. The highest BCUT2D eigenvalue weighted by molar-refractivity contribution is 9.10. The zero-order valence-electron chi connectivity index (χ0n) is 8.08. The minimum absolute atomic E-state index is 0.418. The van der Waals surface area contributed by atoms with Crippen molar-refractivity contribution in [2.24, 2.45) is 0 Å². The van der Waals surface area contributed by atoms with Gasteiger partial charge < -0.3 is 0 Å². The van der Waals surface area contributed by atoms with Crippen LogP contribution in [0.2, 0.25) is 0 Å². The van der Waals surface area contributed by atoms with Gasteiger partial charge in [0.05, 0.1) is 0 Å². The third-order valence-corrected chi connectivity index (χ3v) is 2.96. The van der Waals surface area contributed by atoms with Gasteiger partial charge in [-0.3, -0.25) is 0 Å². The largest absolute Gasteiger partial charge is 0.246 e. The summed E-state index contributed by atoms with van der Waals surface area (Å²) in [6.45, 7) is -0.418. The van der Waals surface area contributed by atoms with Gasteiger partial charge in [-0.2, -0.15) is 0 Å². The van der Waals surface area contributed by atoms with E-state index in [0.29, 0.717) is 5.56 Å². The summed E-state index contributed by atoms with van der Waals surface area (Å²) < 4.78 is 13.5. The molecule has 0 aliphatic heterocycles. The quantitative estimate of drug-likeness (QED) is 0.745. The topological polar surface area (TPSA) is 0 Å². The van der Waals surface area contributed by atoms with Crippen molar-refractivity contribution in [3.05, 3.63) is 58.6 Å². The molecular formula is C13H10BrF. The zero-order valence-corrected chi connectivity index (χ0v) is 9.67. The van der Waals surface area contributed by atoms with Crippen molar-refractivity contribution < 1.29 is 4.39 Å². The van der Waals surface area contributed by atoms with Crippen LogP contribution in [0.15, 0.2) is 53.0 Å². The highest BCUT2D eigenvalue weighted by Gasteiger charge is 2.02. The maximum absolute atomic E-state index is 12.5. The van der Waals surface area contributed by atoms with Crippen LogP contribution in [0.25, 0.3) is 11.1 Å². The van der Waals surface area contributed by atoms with E-state index in [9.17, 15) is 4.39 Å². The summed E-state index contributed by atoms with van der Waals surface area (Å²) in [5.74, 6) is 0. The van der Waals surface area contributed by atoms with Crippen molar-refractivity contribution in [1.29, 1.82) is 0 Å². The molecule has 0 aromatic heterocycles. The first kappa shape index (κ1) is 10.4. The number of benzene rings is 2. The maximum atomic E-state index is 12.5. The Morgan fingerprint density at radius 1 is 1.00 bits per heavy atom. The van der Waals surface area contributed by atoms with Gasteiger partial charge in [-0.25, -0.2) is 4.39 Å². The lowest BCUT2D eigenvalue weighted by molar-refractivity contribution is 0.485. The molecule has 0 atom stereocenters. The van der Waals surface area contributed by atoms with Crippen LogP contribution < -0.4 is 0 Å². The van der Waals surface area contributed by atoms with Gasteiger partial charge in [0.2, 0.25) is 0 Å². The molecule has 2 aromatic carbocycles. The molecule has 15 heavy (non-hydrogen) atoms. The Labute approximate surface area is 96.9 Å². The third-order valence-electron chi connectivity index (χ3n) is 2.27. The highest BCUT2D eigenvalue weighted by atomic mass is 79.9. The van der Waals surface area contributed by atoms with Crippen molar-refractivity contribution in [3.63, 3.8) is 0 Å². The van der Waals surface area contributed by atoms with Crippen LogP contribution in [-0.4, -0.2) is 0 Å². The first-order chi connectivity index (χ1) is 7.31. The number of rotatable bonds is 2. The zero-order chi connectivity index (χ0) is 10.7. The van der Waals surface area contributed by atoms with E-state index in [2.05, 4.69) is 15.9 Å². The fourth-order valence-electron chi connectivity index (χ4n) is 1.52. The second-order valence-electron chi connectivity index (χ2n) is 3.31. The van der Waals surface area contributed by atoms with Crippen molar-refractivity contribution in [1.82, 2.24) is 0 Å². The summed E-state index contributed by atoms with van der Waals surface area (Å²) in [6.07, 6.45) is 0. The average Bonchev–Trinajstić information content (AvgIpc) is 2.30. The predicted octanol–water partition coefficient (Wildman–Crippen LogP) is 4.59. The third kappa shape index (κ3) is 2.26. The molecule has 76 valence electrons. The molecule has 0 saturated carbocycles.